The molecule has 0 bridgehead atoms. The second kappa shape index (κ2) is 18.8. The van der Waals surface area contributed by atoms with Gasteiger partial charge in [-0.3, -0.25) is 4.79 Å². The van der Waals surface area contributed by atoms with E-state index in [1.165, 1.54) is 22.9 Å². The van der Waals surface area contributed by atoms with Crippen LogP contribution < -0.4 is 15.9 Å². The number of carbonyl (C=O) groups is 1. The molecule has 0 unspecified atom stereocenters. The van der Waals surface area contributed by atoms with E-state index in [-0.39, 0.29) is 5.91 Å². The molecular formula is C34H50N2O2. The van der Waals surface area contributed by atoms with Gasteiger partial charge in [0.25, 0.3) is 5.91 Å². The maximum atomic E-state index is 12.3. The van der Waals surface area contributed by atoms with Crippen LogP contribution in [0.5, 0.6) is 0 Å². The quantitative estimate of drug-likeness (QED) is 0.238. The van der Waals surface area contributed by atoms with Gasteiger partial charge in [-0.25, -0.2) is 0 Å². The van der Waals surface area contributed by atoms with Crippen molar-refractivity contribution in [2.45, 2.75) is 94.9 Å². The van der Waals surface area contributed by atoms with Crippen molar-refractivity contribution in [1.29, 1.82) is 5.41 Å². The van der Waals surface area contributed by atoms with Crippen molar-refractivity contribution >= 4 is 29.8 Å². The minimum absolute atomic E-state index is 0.273. The molecule has 2 aromatic rings. The lowest BCUT2D eigenvalue weighted by atomic mass is 9.82. The Hall–Kier alpha value is -3.40. The molecule has 0 radical (unpaired) electrons. The third-order valence-corrected chi connectivity index (χ3v) is 6.21. The Morgan fingerprint density at radius 2 is 1.47 bits per heavy atom. The molecule has 1 aliphatic carbocycles. The highest BCUT2D eigenvalue weighted by Gasteiger charge is 2.18. The molecular weight excluding hydrogens is 468 g/mol. The van der Waals surface area contributed by atoms with E-state index in [0.29, 0.717) is 11.3 Å². The summed E-state index contributed by atoms with van der Waals surface area (Å²) < 4.78 is 0. The van der Waals surface area contributed by atoms with Gasteiger partial charge in [-0.05, 0) is 110 Å². The lowest BCUT2D eigenvalue weighted by Crippen LogP contribution is -2.32. The number of carbonyl (C=O) groups excluding carboxylic acids is 1. The van der Waals surface area contributed by atoms with Crippen molar-refractivity contribution in [1.82, 2.24) is 5.48 Å². The van der Waals surface area contributed by atoms with Gasteiger partial charge in [0.15, 0.2) is 0 Å². The minimum atomic E-state index is -0.273. The summed E-state index contributed by atoms with van der Waals surface area (Å²) in [6, 6.07) is 11.7. The summed E-state index contributed by atoms with van der Waals surface area (Å²) in [6.45, 7) is 24.1. The Kier molecular flexibility index (Phi) is 17.1. The molecule has 2 aromatic carbocycles. The van der Waals surface area contributed by atoms with Crippen molar-refractivity contribution in [2.24, 2.45) is 0 Å². The van der Waals surface area contributed by atoms with Crippen LogP contribution in [0, 0.1) is 12.3 Å². The zero-order chi connectivity index (χ0) is 29.3. The molecule has 1 saturated carbocycles. The molecule has 0 atom stereocenters. The van der Waals surface area contributed by atoms with Crippen molar-refractivity contribution in [3.05, 3.63) is 86.5 Å². The van der Waals surface area contributed by atoms with Crippen LogP contribution in [0.1, 0.15) is 115 Å². The van der Waals surface area contributed by atoms with Gasteiger partial charge in [0.1, 0.15) is 5.76 Å². The number of aryl methyl sites for hydroxylation is 1. The third kappa shape index (κ3) is 9.16. The molecule has 4 heteroatoms. The van der Waals surface area contributed by atoms with Gasteiger partial charge in [-0.1, -0.05) is 72.4 Å². The molecule has 1 aliphatic rings. The number of hydroxylamine groups is 1. The van der Waals surface area contributed by atoms with E-state index < -0.39 is 0 Å². The summed E-state index contributed by atoms with van der Waals surface area (Å²) in [7, 11) is 0. The summed E-state index contributed by atoms with van der Waals surface area (Å²) in [5.41, 5.74) is 10.0. The highest BCUT2D eigenvalue weighted by molar-refractivity contribution is 5.94. The van der Waals surface area contributed by atoms with E-state index >= 15 is 0 Å². The maximum absolute atomic E-state index is 12.3. The maximum Gasteiger partial charge on any atom is 0.283 e. The van der Waals surface area contributed by atoms with E-state index in [9.17, 15) is 4.79 Å². The highest BCUT2D eigenvalue weighted by atomic mass is 16.7. The van der Waals surface area contributed by atoms with Crippen LogP contribution in [0.3, 0.4) is 0 Å². The van der Waals surface area contributed by atoms with Gasteiger partial charge in [0, 0.05) is 17.3 Å². The first-order chi connectivity index (χ1) is 18.4. The molecule has 4 nitrogen and oxygen atoms in total. The fraction of sp³-hybridized carbons (Fsp3) is 0.412. The number of rotatable bonds is 5. The number of hydrogen-bond donors (Lipinski definition) is 2. The first-order valence-electron chi connectivity index (χ1n) is 14.1. The zero-order valence-corrected chi connectivity index (χ0v) is 25.5. The normalized spacial score (nSPS) is 15.3. The van der Waals surface area contributed by atoms with Crippen LogP contribution in [0.4, 0.5) is 0 Å². The van der Waals surface area contributed by atoms with Crippen LogP contribution in [-0.2, 0) is 4.84 Å². The molecule has 38 heavy (non-hydrogen) atoms. The molecule has 0 heterocycles. The lowest BCUT2D eigenvalue weighted by molar-refractivity contribution is 0.0585. The number of benzene rings is 2. The smallest absolute Gasteiger partial charge is 0.283 e. The molecule has 1 amide bonds. The van der Waals surface area contributed by atoms with Gasteiger partial charge in [-0.15, -0.1) is 0 Å². The Morgan fingerprint density at radius 1 is 0.921 bits per heavy atom. The SMILES string of the molecule is C=c1ccc(C)c(C=N)/c1=C1\CCCC\C1=C(\C)c1ccc(C(=O)NO/C(C)=C\C)cc1.CC.CC.CC. The standard InChI is InChI=1S/C28H32N2O2.3C2H6/c1-6-20(4)32-30-28(31)23-15-13-22(14-16-23)21(5)24-9-7-8-10-25(24)27-19(3)12-11-18(2)26(27)17-29;3*1-2/h6,11-17,29H,3,7-10H2,1-2,4-5H3,(H,30,31);3*1-2H3/b20-6-,24-21+,27-25+,29-17?;;;. The molecule has 0 spiro atoms. The highest BCUT2D eigenvalue weighted by Crippen LogP contribution is 2.35. The number of hydrogen-bond acceptors (Lipinski definition) is 3. The summed E-state index contributed by atoms with van der Waals surface area (Å²) >= 11 is 0. The molecule has 1 fully saturated rings. The summed E-state index contributed by atoms with van der Waals surface area (Å²) in [4.78, 5) is 17.5. The third-order valence-electron chi connectivity index (χ3n) is 6.21. The minimum Gasteiger partial charge on any atom is -0.384 e. The predicted octanol–water partition coefficient (Wildman–Crippen LogP) is 8.27. The second-order valence-electron chi connectivity index (χ2n) is 8.27. The van der Waals surface area contributed by atoms with Crippen molar-refractivity contribution in [3.63, 3.8) is 0 Å². The predicted molar refractivity (Wildman–Crippen MR) is 167 cm³/mol. The average molecular weight is 519 g/mol. The molecule has 0 saturated heterocycles. The van der Waals surface area contributed by atoms with Crippen LogP contribution in [-0.4, -0.2) is 12.1 Å². The van der Waals surface area contributed by atoms with Crippen LogP contribution in [0.25, 0.3) is 17.7 Å². The topological polar surface area (TPSA) is 62.2 Å². The molecule has 208 valence electrons. The van der Waals surface area contributed by atoms with Crippen LogP contribution in [0.2, 0.25) is 0 Å². The average Bonchev–Trinajstić information content (AvgIpc) is 2.99. The number of nitrogens with one attached hydrogen (secondary N) is 2. The first-order valence-corrected chi connectivity index (χ1v) is 14.1. The van der Waals surface area contributed by atoms with Gasteiger partial charge >= 0.3 is 0 Å². The molecule has 3 rings (SSSR count). The van der Waals surface area contributed by atoms with Crippen LogP contribution >= 0.6 is 0 Å². The van der Waals surface area contributed by atoms with E-state index in [4.69, 9.17) is 10.2 Å². The van der Waals surface area contributed by atoms with Crippen molar-refractivity contribution < 1.29 is 9.63 Å². The zero-order valence-electron chi connectivity index (χ0n) is 25.5. The van der Waals surface area contributed by atoms with Gasteiger partial charge in [-0.2, -0.15) is 5.48 Å². The number of allylic oxidation sites excluding steroid dienone is 4. The number of amides is 1. The molecule has 2 N–H and O–H groups in total. The van der Waals surface area contributed by atoms with E-state index in [1.54, 1.807) is 13.0 Å². The van der Waals surface area contributed by atoms with Crippen molar-refractivity contribution in [2.75, 3.05) is 0 Å². The Balaban J connectivity index is 0.00000213. The monoisotopic (exact) mass is 518 g/mol. The fourth-order valence-corrected chi connectivity index (χ4v) is 4.20. The Bertz CT molecular complexity index is 1200. The lowest BCUT2D eigenvalue weighted by Gasteiger charge is -2.23. The van der Waals surface area contributed by atoms with E-state index in [2.05, 4.69) is 25.0 Å². The van der Waals surface area contributed by atoms with Gasteiger partial charge in [0.05, 0.1) is 0 Å². The second-order valence-corrected chi connectivity index (χ2v) is 8.27. The molecule has 0 aliphatic heterocycles. The van der Waals surface area contributed by atoms with E-state index in [0.717, 1.165) is 52.8 Å². The van der Waals surface area contributed by atoms with Crippen molar-refractivity contribution in [3.8, 4) is 0 Å². The first kappa shape index (κ1) is 34.6. The van der Waals surface area contributed by atoms with Gasteiger partial charge in [0.2, 0.25) is 0 Å². The summed E-state index contributed by atoms with van der Waals surface area (Å²) in [6.07, 6.45) is 7.52. The Morgan fingerprint density at radius 3 is 2.03 bits per heavy atom. The molecule has 0 aromatic heterocycles. The summed E-state index contributed by atoms with van der Waals surface area (Å²) in [5.74, 6) is 0.367. The summed E-state index contributed by atoms with van der Waals surface area (Å²) in [5, 5.41) is 10.1. The van der Waals surface area contributed by atoms with Crippen LogP contribution in [0.15, 0.2) is 53.8 Å². The Labute approximate surface area is 231 Å². The fourth-order valence-electron chi connectivity index (χ4n) is 4.20. The largest absolute Gasteiger partial charge is 0.384 e. The van der Waals surface area contributed by atoms with Gasteiger partial charge < -0.3 is 10.2 Å². The van der Waals surface area contributed by atoms with E-state index in [1.807, 2.05) is 85.7 Å².